The Morgan fingerprint density at radius 1 is 1.18 bits per heavy atom. The van der Waals surface area contributed by atoms with E-state index < -0.39 is 0 Å². The molecule has 2 atom stereocenters. The number of thioether (sulfide) groups is 2. The summed E-state index contributed by atoms with van der Waals surface area (Å²) in [5.74, 6) is 3.64. The molecule has 0 N–H and O–H groups in total. The fourth-order valence-electron chi connectivity index (χ4n) is 4.87. The first-order chi connectivity index (χ1) is 10.6. The summed E-state index contributed by atoms with van der Waals surface area (Å²) in [6, 6.07) is 4.09. The minimum Gasteiger partial charge on any atom is -0.484 e. The molecule has 3 heterocycles. The van der Waals surface area contributed by atoms with Crippen LogP contribution in [0, 0.1) is 5.41 Å². The van der Waals surface area contributed by atoms with Crippen molar-refractivity contribution in [3.8, 4) is 5.75 Å². The molecule has 0 bridgehead atoms. The summed E-state index contributed by atoms with van der Waals surface area (Å²) in [5.41, 5.74) is 2.98. The topological polar surface area (TPSA) is 22.1 Å². The Balaban J connectivity index is 1.54. The summed E-state index contributed by atoms with van der Waals surface area (Å²) < 4.78 is 6.94. The van der Waals surface area contributed by atoms with E-state index in [1.165, 1.54) is 30.8 Å². The molecule has 2 unspecified atom stereocenters. The van der Waals surface area contributed by atoms with Gasteiger partial charge in [0, 0.05) is 29.5 Å². The first-order valence-electron chi connectivity index (χ1n) is 8.28. The highest BCUT2D eigenvalue weighted by Gasteiger charge is 2.61. The van der Waals surface area contributed by atoms with Crippen molar-refractivity contribution in [3.63, 3.8) is 0 Å². The van der Waals surface area contributed by atoms with Crippen LogP contribution in [0.4, 0.5) is 0 Å². The number of ether oxygens (including phenoxy) is 1. The minimum absolute atomic E-state index is 0.0366. The highest BCUT2D eigenvalue weighted by atomic mass is 32.2. The molecule has 22 heavy (non-hydrogen) atoms. The average Bonchev–Trinajstić information content (AvgIpc) is 3.20. The highest BCUT2D eigenvalue weighted by molar-refractivity contribution is 8.21. The summed E-state index contributed by atoms with van der Waals surface area (Å²) in [6.45, 7) is 2.45. The first-order valence-corrected chi connectivity index (χ1v) is 10.3. The van der Waals surface area contributed by atoms with Crippen molar-refractivity contribution < 1.29 is 4.74 Å². The molecule has 0 radical (unpaired) electrons. The van der Waals surface area contributed by atoms with E-state index in [0.717, 1.165) is 24.3 Å². The van der Waals surface area contributed by atoms with E-state index >= 15 is 0 Å². The Morgan fingerprint density at radius 2 is 2.05 bits per heavy atom. The lowest BCUT2D eigenvalue weighted by Crippen LogP contribution is -2.49. The summed E-state index contributed by atoms with van der Waals surface area (Å²) >= 11 is 4.33. The molecule has 4 aliphatic rings. The Labute approximate surface area is 140 Å². The van der Waals surface area contributed by atoms with Gasteiger partial charge in [-0.2, -0.15) is 0 Å². The van der Waals surface area contributed by atoms with Gasteiger partial charge >= 0.3 is 0 Å². The van der Waals surface area contributed by atoms with Crippen molar-refractivity contribution in [3.05, 3.63) is 35.7 Å². The fraction of sp³-hybridized carbons (Fsp3) is 0.611. The van der Waals surface area contributed by atoms with Crippen LogP contribution >= 0.6 is 23.5 Å². The summed E-state index contributed by atoms with van der Waals surface area (Å²) in [4.78, 5) is 4.57. The molecule has 0 amide bonds. The molecule has 1 aromatic rings. The predicted molar refractivity (Wildman–Crippen MR) is 93.6 cm³/mol. The maximum absolute atomic E-state index is 6.56. The van der Waals surface area contributed by atoms with Gasteiger partial charge in [-0.1, -0.05) is 18.6 Å². The molecule has 0 aromatic carbocycles. The smallest absolute Gasteiger partial charge is 0.141 e. The van der Waals surface area contributed by atoms with Gasteiger partial charge in [-0.15, -0.1) is 23.5 Å². The highest BCUT2D eigenvalue weighted by Crippen LogP contribution is 2.64. The number of hydrogen-bond donors (Lipinski definition) is 0. The van der Waals surface area contributed by atoms with Gasteiger partial charge in [0.25, 0.3) is 0 Å². The molecule has 1 saturated heterocycles. The number of aromatic nitrogens is 1. The van der Waals surface area contributed by atoms with E-state index in [2.05, 4.69) is 47.6 Å². The average molecular weight is 332 g/mol. The lowest BCUT2D eigenvalue weighted by atomic mass is 9.66. The van der Waals surface area contributed by atoms with E-state index in [1.54, 1.807) is 5.57 Å². The van der Waals surface area contributed by atoms with Crippen molar-refractivity contribution in [2.75, 3.05) is 11.5 Å². The van der Waals surface area contributed by atoms with Crippen LogP contribution in [-0.2, 0) is 6.42 Å². The molecular weight excluding hydrogens is 310 g/mol. The molecule has 4 heteroatoms. The second-order valence-corrected chi connectivity index (χ2v) is 10.3. The van der Waals surface area contributed by atoms with Crippen LogP contribution in [-0.4, -0.2) is 26.2 Å². The van der Waals surface area contributed by atoms with Gasteiger partial charge in [-0.05, 0) is 37.8 Å². The molecule has 116 valence electrons. The van der Waals surface area contributed by atoms with Crippen LogP contribution < -0.4 is 4.74 Å². The van der Waals surface area contributed by atoms with E-state index in [0.29, 0.717) is 4.08 Å². The van der Waals surface area contributed by atoms with Gasteiger partial charge in [0.1, 0.15) is 11.4 Å². The van der Waals surface area contributed by atoms with Gasteiger partial charge in [-0.25, -0.2) is 0 Å². The molecule has 2 aliphatic heterocycles. The normalized spacial score (nSPS) is 38.0. The zero-order valence-corrected chi connectivity index (χ0v) is 14.6. The fourth-order valence-corrected chi connectivity index (χ4v) is 8.01. The quantitative estimate of drug-likeness (QED) is 0.655. The van der Waals surface area contributed by atoms with Crippen molar-refractivity contribution >= 4 is 23.5 Å². The van der Waals surface area contributed by atoms with Gasteiger partial charge in [0.2, 0.25) is 0 Å². The zero-order chi connectivity index (χ0) is 14.8. The van der Waals surface area contributed by atoms with Crippen molar-refractivity contribution in [2.45, 2.75) is 48.7 Å². The molecule has 2 spiro atoms. The molecule has 1 saturated carbocycles. The third kappa shape index (κ3) is 1.68. The minimum atomic E-state index is -0.0366. The monoisotopic (exact) mass is 331 g/mol. The molecule has 5 rings (SSSR count). The first kappa shape index (κ1) is 13.8. The van der Waals surface area contributed by atoms with Crippen molar-refractivity contribution in [1.29, 1.82) is 0 Å². The van der Waals surface area contributed by atoms with Crippen molar-refractivity contribution in [1.82, 2.24) is 4.98 Å². The summed E-state index contributed by atoms with van der Waals surface area (Å²) in [5, 5.41) is 0. The summed E-state index contributed by atoms with van der Waals surface area (Å²) in [7, 11) is 0. The van der Waals surface area contributed by atoms with Gasteiger partial charge in [0.05, 0.1) is 9.77 Å². The van der Waals surface area contributed by atoms with Crippen LogP contribution in [0.1, 0.15) is 38.3 Å². The third-order valence-corrected chi connectivity index (χ3v) is 9.67. The maximum atomic E-state index is 6.56. The number of pyridine rings is 1. The molecule has 2 aliphatic carbocycles. The van der Waals surface area contributed by atoms with E-state index in [-0.39, 0.29) is 11.0 Å². The van der Waals surface area contributed by atoms with E-state index in [4.69, 9.17) is 4.74 Å². The lowest BCUT2D eigenvalue weighted by Gasteiger charge is -2.46. The lowest BCUT2D eigenvalue weighted by molar-refractivity contribution is -0.00189. The Morgan fingerprint density at radius 3 is 2.86 bits per heavy atom. The molecule has 2 nitrogen and oxygen atoms in total. The van der Waals surface area contributed by atoms with Gasteiger partial charge in [0.15, 0.2) is 0 Å². The number of rotatable bonds is 0. The van der Waals surface area contributed by atoms with Crippen LogP contribution in [0.3, 0.4) is 0 Å². The van der Waals surface area contributed by atoms with Crippen LogP contribution in [0.25, 0.3) is 0 Å². The maximum Gasteiger partial charge on any atom is 0.141 e. The van der Waals surface area contributed by atoms with E-state index in [9.17, 15) is 0 Å². The third-order valence-electron chi connectivity index (χ3n) is 6.26. The SMILES string of the molecule is CC12CCC3(C=C1CCC21Cc2ncccc2O1)SCCS3. The number of fused-ring (bicyclic) bond motifs is 3. The van der Waals surface area contributed by atoms with Gasteiger partial charge < -0.3 is 4.74 Å². The largest absolute Gasteiger partial charge is 0.484 e. The molecular formula is C18H21NOS2. The van der Waals surface area contributed by atoms with Crippen LogP contribution in [0.2, 0.25) is 0 Å². The second-order valence-electron chi connectivity index (χ2n) is 7.23. The van der Waals surface area contributed by atoms with E-state index in [1.807, 2.05) is 12.3 Å². The predicted octanol–water partition coefficient (Wildman–Crippen LogP) is 4.45. The Kier molecular flexibility index (Phi) is 2.81. The summed E-state index contributed by atoms with van der Waals surface area (Å²) in [6.07, 6.45) is 10.4. The van der Waals surface area contributed by atoms with Crippen LogP contribution in [0.15, 0.2) is 30.0 Å². The molecule has 2 fully saturated rings. The van der Waals surface area contributed by atoms with Gasteiger partial charge in [-0.3, -0.25) is 4.98 Å². The van der Waals surface area contributed by atoms with Crippen molar-refractivity contribution in [2.24, 2.45) is 5.41 Å². The Bertz CT molecular complexity index is 640. The Hall–Kier alpha value is -0.610. The number of nitrogens with zero attached hydrogens (tertiary/aromatic N) is 1. The standard InChI is InChI=1S/C18H21NOS2/c1-16-6-7-18(21-9-10-22-18)11-13(16)4-5-17(16)12-14-15(20-17)3-2-8-19-14/h2-3,8,11H,4-7,9-10,12H2,1H3. The number of hydrogen-bond acceptors (Lipinski definition) is 4. The second kappa shape index (κ2) is 4.47. The van der Waals surface area contributed by atoms with Crippen LogP contribution in [0.5, 0.6) is 5.75 Å². The molecule has 1 aromatic heterocycles. The zero-order valence-electron chi connectivity index (χ0n) is 12.9.